The van der Waals surface area contributed by atoms with Crippen molar-refractivity contribution in [1.29, 1.82) is 0 Å². The van der Waals surface area contributed by atoms with E-state index in [1.807, 2.05) is 18.2 Å². The van der Waals surface area contributed by atoms with Gasteiger partial charge in [0.2, 0.25) is 0 Å². The number of hydrogen-bond acceptors (Lipinski definition) is 4. The summed E-state index contributed by atoms with van der Waals surface area (Å²) in [4.78, 5) is 20.0. The Bertz CT molecular complexity index is 1080. The number of aromatic nitrogens is 2. The fourth-order valence-corrected chi connectivity index (χ4v) is 4.28. The van der Waals surface area contributed by atoms with Crippen LogP contribution in [-0.2, 0) is 6.54 Å². The Morgan fingerprint density at radius 1 is 1.10 bits per heavy atom. The molecule has 0 aliphatic carbocycles. The van der Waals surface area contributed by atoms with Crippen molar-refractivity contribution in [2.24, 2.45) is 0 Å². The smallest absolute Gasteiger partial charge is 0.260 e. The van der Waals surface area contributed by atoms with Crippen LogP contribution in [0.25, 0.3) is 0 Å². The van der Waals surface area contributed by atoms with Gasteiger partial charge in [-0.3, -0.25) is 14.7 Å². The predicted octanol–water partition coefficient (Wildman–Crippen LogP) is 4.02. The molecule has 2 aromatic heterocycles. The number of nitrogens with zero attached hydrogens (tertiary/aromatic N) is 3. The summed E-state index contributed by atoms with van der Waals surface area (Å²) in [5.41, 5.74) is 1.72. The van der Waals surface area contributed by atoms with Crippen LogP contribution in [0.5, 0.6) is 5.75 Å². The maximum atomic E-state index is 14.8. The minimum absolute atomic E-state index is 0.0893. The summed E-state index contributed by atoms with van der Waals surface area (Å²) in [6.07, 6.45) is 4.77. The Morgan fingerprint density at radius 3 is 2.53 bits per heavy atom. The molecule has 30 heavy (non-hydrogen) atoms. The molecule has 1 aromatic carbocycles. The number of rotatable bonds is 5. The zero-order valence-electron chi connectivity index (χ0n) is 17.1. The van der Waals surface area contributed by atoms with E-state index in [0.29, 0.717) is 17.8 Å². The van der Waals surface area contributed by atoms with E-state index in [4.69, 9.17) is 0 Å². The van der Waals surface area contributed by atoms with Crippen LogP contribution in [0.4, 0.5) is 4.39 Å². The van der Waals surface area contributed by atoms with Crippen molar-refractivity contribution in [3.05, 3.63) is 93.4 Å². The highest BCUT2D eigenvalue weighted by atomic mass is 19.1. The van der Waals surface area contributed by atoms with Gasteiger partial charge in [0, 0.05) is 17.5 Å². The second-order valence-electron chi connectivity index (χ2n) is 7.82. The zero-order valence-corrected chi connectivity index (χ0v) is 17.1. The van der Waals surface area contributed by atoms with Gasteiger partial charge in [0.1, 0.15) is 11.6 Å². The van der Waals surface area contributed by atoms with E-state index in [1.54, 1.807) is 42.0 Å². The van der Waals surface area contributed by atoms with Crippen LogP contribution in [0.2, 0.25) is 0 Å². The van der Waals surface area contributed by atoms with Crippen LogP contribution in [0.1, 0.15) is 47.8 Å². The third kappa shape index (κ3) is 4.00. The molecule has 0 amide bonds. The highest BCUT2D eigenvalue weighted by molar-refractivity contribution is 5.41. The Morgan fingerprint density at radius 2 is 1.83 bits per heavy atom. The van der Waals surface area contributed by atoms with Crippen LogP contribution in [0, 0.1) is 12.7 Å². The molecule has 1 aliphatic heterocycles. The van der Waals surface area contributed by atoms with Crippen molar-refractivity contribution >= 4 is 0 Å². The normalized spacial score (nSPS) is 15.8. The quantitative estimate of drug-likeness (QED) is 0.694. The monoisotopic (exact) mass is 407 g/mol. The molecule has 6 heteroatoms. The third-order valence-corrected chi connectivity index (χ3v) is 5.80. The Balaban J connectivity index is 1.87. The largest absolute Gasteiger partial charge is 0.507 e. The average molecular weight is 407 g/mol. The van der Waals surface area contributed by atoms with E-state index < -0.39 is 6.04 Å². The fraction of sp³-hybridized carbons (Fsp3) is 0.333. The van der Waals surface area contributed by atoms with Gasteiger partial charge in [-0.1, -0.05) is 30.7 Å². The molecule has 3 aromatic rings. The lowest BCUT2D eigenvalue weighted by Gasteiger charge is -2.35. The second kappa shape index (κ2) is 8.79. The number of hydrogen-bond donors (Lipinski definition) is 1. The SMILES string of the molecule is Cc1cc(O)c([C@H](c2ccccc2F)N2CCCCC2)c(=O)n1Cc1ccccn1. The summed E-state index contributed by atoms with van der Waals surface area (Å²) in [5.74, 6) is -0.461. The topological polar surface area (TPSA) is 58.4 Å². The third-order valence-electron chi connectivity index (χ3n) is 5.80. The van der Waals surface area contributed by atoms with Crippen molar-refractivity contribution in [2.75, 3.05) is 13.1 Å². The number of piperidine rings is 1. The molecule has 0 saturated carbocycles. The van der Waals surface area contributed by atoms with Gasteiger partial charge < -0.3 is 9.67 Å². The summed E-state index contributed by atoms with van der Waals surface area (Å²) in [6, 6.07) is 13.0. The molecule has 0 bridgehead atoms. The van der Waals surface area contributed by atoms with Gasteiger partial charge in [0.15, 0.2) is 0 Å². The number of halogens is 1. The molecule has 0 unspecified atom stereocenters. The number of pyridine rings is 2. The summed E-state index contributed by atoms with van der Waals surface area (Å²) in [6.45, 7) is 3.59. The molecule has 5 nitrogen and oxygen atoms in total. The first-order chi connectivity index (χ1) is 14.6. The molecule has 0 spiro atoms. The standard InChI is InChI=1S/C24H26FN3O2/c1-17-15-21(29)22(24(30)28(17)16-18-9-5-6-12-26-18)23(27-13-7-2-8-14-27)19-10-3-4-11-20(19)25/h3-6,9-12,15,23,29H,2,7-8,13-14,16H2,1H3/t23-/m0/s1. The fourth-order valence-electron chi connectivity index (χ4n) is 4.28. The van der Waals surface area contributed by atoms with E-state index >= 15 is 0 Å². The molecule has 3 heterocycles. The summed E-state index contributed by atoms with van der Waals surface area (Å²) in [7, 11) is 0. The van der Waals surface area contributed by atoms with Crippen LogP contribution >= 0.6 is 0 Å². The van der Waals surface area contributed by atoms with Gasteiger partial charge in [0.05, 0.1) is 23.8 Å². The second-order valence-corrected chi connectivity index (χ2v) is 7.82. The van der Waals surface area contributed by atoms with Crippen molar-refractivity contribution in [2.45, 2.75) is 38.8 Å². The number of aryl methyl sites for hydroxylation is 1. The van der Waals surface area contributed by atoms with Gasteiger partial charge in [0.25, 0.3) is 5.56 Å². The van der Waals surface area contributed by atoms with Crippen LogP contribution < -0.4 is 5.56 Å². The van der Waals surface area contributed by atoms with Crippen molar-refractivity contribution in [3.63, 3.8) is 0 Å². The van der Waals surface area contributed by atoms with Crippen LogP contribution in [-0.4, -0.2) is 32.6 Å². The predicted molar refractivity (Wildman–Crippen MR) is 114 cm³/mol. The van der Waals surface area contributed by atoms with Crippen molar-refractivity contribution < 1.29 is 9.50 Å². The van der Waals surface area contributed by atoms with E-state index in [1.165, 1.54) is 6.07 Å². The van der Waals surface area contributed by atoms with Crippen molar-refractivity contribution in [3.8, 4) is 5.75 Å². The summed E-state index contributed by atoms with van der Waals surface area (Å²) < 4.78 is 16.4. The zero-order chi connectivity index (χ0) is 21.1. The number of likely N-dealkylation sites (tertiary alicyclic amines) is 1. The lowest BCUT2D eigenvalue weighted by molar-refractivity contribution is 0.180. The molecular weight excluding hydrogens is 381 g/mol. The molecule has 1 N–H and O–H groups in total. The first-order valence-electron chi connectivity index (χ1n) is 10.4. The van der Waals surface area contributed by atoms with Gasteiger partial charge in [-0.25, -0.2) is 4.39 Å². The van der Waals surface area contributed by atoms with E-state index in [9.17, 15) is 14.3 Å². The van der Waals surface area contributed by atoms with E-state index in [0.717, 1.165) is 38.0 Å². The molecule has 1 fully saturated rings. The Hall–Kier alpha value is -2.99. The maximum Gasteiger partial charge on any atom is 0.260 e. The van der Waals surface area contributed by atoms with E-state index in [-0.39, 0.29) is 22.7 Å². The Labute approximate surface area is 175 Å². The van der Waals surface area contributed by atoms with Gasteiger partial charge >= 0.3 is 0 Å². The lowest BCUT2D eigenvalue weighted by atomic mass is 9.94. The van der Waals surface area contributed by atoms with Gasteiger partial charge in [-0.15, -0.1) is 0 Å². The lowest BCUT2D eigenvalue weighted by Crippen LogP contribution is -2.39. The molecule has 0 radical (unpaired) electrons. The number of benzene rings is 1. The van der Waals surface area contributed by atoms with Crippen LogP contribution in [0.3, 0.4) is 0 Å². The minimum atomic E-state index is -0.630. The molecule has 1 aliphatic rings. The average Bonchev–Trinajstić information content (AvgIpc) is 2.76. The minimum Gasteiger partial charge on any atom is -0.507 e. The summed E-state index contributed by atoms with van der Waals surface area (Å²) in [5, 5.41) is 10.8. The van der Waals surface area contributed by atoms with E-state index in [2.05, 4.69) is 9.88 Å². The highest BCUT2D eigenvalue weighted by Gasteiger charge is 2.31. The summed E-state index contributed by atoms with van der Waals surface area (Å²) >= 11 is 0. The van der Waals surface area contributed by atoms with Crippen LogP contribution in [0.15, 0.2) is 59.5 Å². The molecule has 156 valence electrons. The molecular formula is C24H26FN3O2. The Kier molecular flexibility index (Phi) is 5.95. The van der Waals surface area contributed by atoms with Gasteiger partial charge in [-0.05, 0) is 57.1 Å². The van der Waals surface area contributed by atoms with Crippen molar-refractivity contribution in [1.82, 2.24) is 14.5 Å². The first-order valence-corrected chi connectivity index (χ1v) is 10.4. The maximum absolute atomic E-state index is 14.8. The van der Waals surface area contributed by atoms with Gasteiger partial charge in [-0.2, -0.15) is 0 Å². The number of aromatic hydroxyl groups is 1. The molecule has 1 saturated heterocycles. The first kappa shape index (κ1) is 20.3. The highest BCUT2D eigenvalue weighted by Crippen LogP contribution is 2.35. The molecule has 4 rings (SSSR count). The molecule has 1 atom stereocenters.